The van der Waals surface area contributed by atoms with E-state index in [1.165, 1.54) is 5.56 Å². The lowest BCUT2D eigenvalue weighted by atomic mass is 9.81. The van der Waals surface area contributed by atoms with E-state index in [1.807, 2.05) is 61.5 Å². The molecular formula is C29H42Cl2N4O3. The Balaban J connectivity index is 0.00000253. The third-order valence-electron chi connectivity index (χ3n) is 7.28. The van der Waals surface area contributed by atoms with Gasteiger partial charge in [0, 0.05) is 32.7 Å². The van der Waals surface area contributed by atoms with Crippen LogP contribution in [0.1, 0.15) is 38.7 Å². The van der Waals surface area contributed by atoms with Gasteiger partial charge >= 0.3 is 0 Å². The number of nitrogens with one attached hydrogen (secondary N) is 1. The summed E-state index contributed by atoms with van der Waals surface area (Å²) >= 11 is 0. The molecule has 4 rings (SSSR count). The number of para-hydroxylation sites is 1. The van der Waals surface area contributed by atoms with Crippen molar-refractivity contribution in [3.8, 4) is 11.5 Å². The molecule has 2 aliphatic rings. The highest BCUT2D eigenvalue weighted by atomic mass is 35.5. The number of carbonyl (C=O) groups excluding carboxylic acids is 2. The standard InChI is InChI=1S/C29H40N4O3.2ClH/c1-22(2)20-26-27(34)33(19-18-31(3)4)29(28(35)30-26)14-16-32(17-15-29)21-23-10-12-25(13-11-23)36-24-8-6-5-7-9-24;;/h5-13,22,26H,14-21H2,1-4H3,(H,30,35);2*1H. The molecule has 0 saturated carbocycles. The highest BCUT2D eigenvalue weighted by Gasteiger charge is 2.53. The van der Waals surface area contributed by atoms with Crippen molar-refractivity contribution in [3.05, 3.63) is 60.2 Å². The summed E-state index contributed by atoms with van der Waals surface area (Å²) in [7, 11) is 4.01. The predicted molar refractivity (Wildman–Crippen MR) is 156 cm³/mol. The van der Waals surface area contributed by atoms with Gasteiger partial charge in [-0.15, -0.1) is 24.8 Å². The number of rotatable bonds is 9. The average molecular weight is 566 g/mol. The lowest BCUT2D eigenvalue weighted by Gasteiger charge is -2.52. The number of carbonyl (C=O) groups is 2. The van der Waals surface area contributed by atoms with Gasteiger partial charge in [0.15, 0.2) is 0 Å². The smallest absolute Gasteiger partial charge is 0.246 e. The Kier molecular flexibility index (Phi) is 11.9. The summed E-state index contributed by atoms with van der Waals surface area (Å²) < 4.78 is 5.91. The number of likely N-dealkylation sites (tertiary alicyclic amines) is 1. The Morgan fingerprint density at radius 2 is 1.58 bits per heavy atom. The second-order valence-electron chi connectivity index (χ2n) is 10.8. The van der Waals surface area contributed by atoms with Gasteiger partial charge < -0.3 is 19.9 Å². The minimum Gasteiger partial charge on any atom is -0.457 e. The maximum absolute atomic E-state index is 13.5. The summed E-state index contributed by atoms with van der Waals surface area (Å²) in [5, 5.41) is 3.09. The lowest BCUT2D eigenvalue weighted by molar-refractivity contribution is -0.162. The van der Waals surface area contributed by atoms with Crippen LogP contribution in [0.4, 0.5) is 0 Å². The first-order valence-corrected chi connectivity index (χ1v) is 13.1. The van der Waals surface area contributed by atoms with Gasteiger partial charge in [-0.1, -0.05) is 44.2 Å². The first-order chi connectivity index (χ1) is 17.3. The molecule has 210 valence electrons. The SMILES string of the molecule is CC(C)CC1NC(=O)C2(CCN(Cc3ccc(Oc4ccccc4)cc3)CC2)N(CCN(C)C)C1=O.Cl.Cl. The average Bonchev–Trinajstić information content (AvgIpc) is 2.85. The third kappa shape index (κ3) is 7.63. The van der Waals surface area contributed by atoms with Crippen LogP contribution >= 0.6 is 24.8 Å². The molecule has 9 heteroatoms. The fourth-order valence-corrected chi connectivity index (χ4v) is 5.26. The number of benzene rings is 2. The molecule has 2 aliphatic heterocycles. The molecule has 1 N–H and O–H groups in total. The van der Waals surface area contributed by atoms with Crippen LogP contribution in [-0.4, -0.2) is 78.4 Å². The fraction of sp³-hybridized carbons (Fsp3) is 0.517. The van der Waals surface area contributed by atoms with Crippen LogP contribution in [-0.2, 0) is 16.1 Å². The van der Waals surface area contributed by atoms with Crippen LogP contribution in [0.2, 0.25) is 0 Å². The van der Waals surface area contributed by atoms with E-state index in [4.69, 9.17) is 4.74 Å². The molecule has 0 bridgehead atoms. The first-order valence-electron chi connectivity index (χ1n) is 13.1. The van der Waals surface area contributed by atoms with E-state index >= 15 is 0 Å². The molecule has 2 amide bonds. The first kappa shape index (κ1) is 31.9. The monoisotopic (exact) mass is 564 g/mol. The van der Waals surface area contributed by atoms with Crippen LogP contribution in [0.15, 0.2) is 54.6 Å². The van der Waals surface area contributed by atoms with Gasteiger partial charge in [0.05, 0.1) is 0 Å². The van der Waals surface area contributed by atoms with Crippen LogP contribution in [0, 0.1) is 5.92 Å². The molecular weight excluding hydrogens is 523 g/mol. The molecule has 0 aromatic heterocycles. The third-order valence-corrected chi connectivity index (χ3v) is 7.28. The fourth-order valence-electron chi connectivity index (χ4n) is 5.26. The minimum absolute atomic E-state index is 0. The van der Waals surface area contributed by atoms with Crippen LogP contribution in [0.3, 0.4) is 0 Å². The Bertz CT molecular complexity index is 1030. The Labute approximate surface area is 239 Å². The quantitative estimate of drug-likeness (QED) is 0.482. The molecule has 0 radical (unpaired) electrons. The summed E-state index contributed by atoms with van der Waals surface area (Å²) in [6.45, 7) is 7.87. The Morgan fingerprint density at radius 3 is 2.16 bits per heavy atom. The van der Waals surface area contributed by atoms with Gasteiger partial charge in [-0.3, -0.25) is 14.5 Å². The molecule has 2 aromatic carbocycles. The van der Waals surface area contributed by atoms with E-state index in [0.29, 0.717) is 31.7 Å². The number of piperazine rings is 1. The molecule has 7 nitrogen and oxygen atoms in total. The molecule has 2 heterocycles. The number of amides is 2. The van der Waals surface area contributed by atoms with Crippen molar-refractivity contribution in [2.75, 3.05) is 40.3 Å². The maximum atomic E-state index is 13.5. The zero-order chi connectivity index (χ0) is 25.7. The topological polar surface area (TPSA) is 65.1 Å². The molecule has 2 saturated heterocycles. The van der Waals surface area contributed by atoms with E-state index in [0.717, 1.165) is 37.7 Å². The van der Waals surface area contributed by atoms with Crippen molar-refractivity contribution in [1.82, 2.24) is 20.0 Å². The second-order valence-corrected chi connectivity index (χ2v) is 10.8. The molecule has 0 aliphatic carbocycles. The van der Waals surface area contributed by atoms with Crippen molar-refractivity contribution >= 4 is 36.6 Å². The number of nitrogens with zero attached hydrogens (tertiary/aromatic N) is 3. The minimum atomic E-state index is -0.746. The van der Waals surface area contributed by atoms with Crippen molar-refractivity contribution in [1.29, 1.82) is 0 Å². The Morgan fingerprint density at radius 1 is 0.974 bits per heavy atom. The Hall–Kier alpha value is -2.32. The molecule has 1 unspecified atom stereocenters. The summed E-state index contributed by atoms with van der Waals surface area (Å²) in [5.74, 6) is 2.07. The van der Waals surface area contributed by atoms with E-state index < -0.39 is 11.6 Å². The van der Waals surface area contributed by atoms with Crippen molar-refractivity contribution in [3.63, 3.8) is 0 Å². The maximum Gasteiger partial charge on any atom is 0.246 e. The van der Waals surface area contributed by atoms with Gasteiger partial charge in [-0.2, -0.15) is 0 Å². The zero-order valence-corrected chi connectivity index (χ0v) is 24.5. The van der Waals surface area contributed by atoms with Gasteiger partial charge in [0.1, 0.15) is 23.1 Å². The normalized spacial score (nSPS) is 19.2. The summed E-state index contributed by atoms with van der Waals surface area (Å²) in [6, 6.07) is 17.5. The number of halogens is 2. The van der Waals surface area contributed by atoms with Gasteiger partial charge in [-0.25, -0.2) is 0 Å². The van der Waals surface area contributed by atoms with E-state index in [-0.39, 0.29) is 36.6 Å². The number of hydrogen-bond donors (Lipinski definition) is 1. The predicted octanol–water partition coefficient (Wildman–Crippen LogP) is 4.59. The highest BCUT2D eigenvalue weighted by molar-refractivity contribution is 6.00. The lowest BCUT2D eigenvalue weighted by Crippen LogP contribution is -2.73. The summed E-state index contributed by atoms with van der Waals surface area (Å²) in [6.07, 6.45) is 1.98. The highest BCUT2D eigenvalue weighted by Crippen LogP contribution is 2.34. The van der Waals surface area contributed by atoms with Crippen molar-refractivity contribution in [2.45, 2.75) is 51.2 Å². The number of piperidine rings is 1. The molecule has 1 atom stereocenters. The van der Waals surface area contributed by atoms with Crippen LogP contribution in [0.25, 0.3) is 0 Å². The molecule has 38 heavy (non-hydrogen) atoms. The zero-order valence-electron chi connectivity index (χ0n) is 22.9. The van der Waals surface area contributed by atoms with Crippen LogP contribution < -0.4 is 10.1 Å². The van der Waals surface area contributed by atoms with Crippen molar-refractivity contribution < 1.29 is 14.3 Å². The molecule has 2 aromatic rings. The van der Waals surface area contributed by atoms with E-state index in [2.05, 4.69) is 41.1 Å². The molecule has 1 spiro atoms. The van der Waals surface area contributed by atoms with E-state index in [1.54, 1.807) is 0 Å². The van der Waals surface area contributed by atoms with Crippen molar-refractivity contribution in [2.24, 2.45) is 5.92 Å². The summed E-state index contributed by atoms with van der Waals surface area (Å²) in [5.41, 5.74) is 0.460. The largest absolute Gasteiger partial charge is 0.457 e. The van der Waals surface area contributed by atoms with Gasteiger partial charge in [0.2, 0.25) is 11.8 Å². The number of likely N-dealkylation sites (N-methyl/N-ethyl adjacent to an activating group) is 1. The summed E-state index contributed by atoms with van der Waals surface area (Å²) in [4.78, 5) is 33.3. The number of ether oxygens (including phenoxy) is 1. The van der Waals surface area contributed by atoms with Crippen LogP contribution in [0.5, 0.6) is 11.5 Å². The van der Waals surface area contributed by atoms with Gasteiger partial charge in [-0.05, 0) is 69.1 Å². The molecule has 2 fully saturated rings. The van der Waals surface area contributed by atoms with Gasteiger partial charge in [0.25, 0.3) is 0 Å². The second kappa shape index (κ2) is 14.2. The number of hydrogen-bond acceptors (Lipinski definition) is 5. The van der Waals surface area contributed by atoms with E-state index in [9.17, 15) is 9.59 Å².